The van der Waals surface area contributed by atoms with E-state index in [9.17, 15) is 10.0 Å². The highest BCUT2D eigenvalue weighted by atomic mass is 16.5. The number of amides is 1. The predicted octanol–water partition coefficient (Wildman–Crippen LogP) is 1.32. The second-order valence-electron chi connectivity index (χ2n) is 5.35. The van der Waals surface area contributed by atoms with E-state index in [0.717, 1.165) is 12.1 Å². The van der Waals surface area contributed by atoms with Crippen LogP contribution in [-0.2, 0) is 0 Å². The fourth-order valence-electron chi connectivity index (χ4n) is 2.53. The van der Waals surface area contributed by atoms with Gasteiger partial charge in [-0.15, -0.1) is 0 Å². The first-order valence-corrected chi connectivity index (χ1v) is 7.20. The minimum atomic E-state index is -0.145. The van der Waals surface area contributed by atoms with Crippen molar-refractivity contribution in [2.24, 2.45) is 0 Å². The summed E-state index contributed by atoms with van der Waals surface area (Å²) in [5, 5.41) is 11.3. The summed E-state index contributed by atoms with van der Waals surface area (Å²) >= 11 is 0. The van der Waals surface area contributed by atoms with Crippen LogP contribution in [0.25, 0.3) is 0 Å². The maximum absolute atomic E-state index is 12.4. The maximum atomic E-state index is 12.4. The van der Waals surface area contributed by atoms with Gasteiger partial charge in [0.1, 0.15) is 11.7 Å². The van der Waals surface area contributed by atoms with E-state index in [1.54, 1.807) is 17.0 Å². The molecular formula is C16H17N3O3. The second kappa shape index (κ2) is 6.01. The second-order valence-corrected chi connectivity index (χ2v) is 5.35. The van der Waals surface area contributed by atoms with Gasteiger partial charge in [-0.3, -0.25) is 4.79 Å². The molecule has 6 heteroatoms. The van der Waals surface area contributed by atoms with Crippen molar-refractivity contribution >= 4 is 5.91 Å². The first-order chi connectivity index (χ1) is 10.6. The van der Waals surface area contributed by atoms with Crippen LogP contribution >= 0.6 is 0 Å². The number of ether oxygens (including phenoxy) is 1. The molecule has 3 heterocycles. The molecule has 6 nitrogen and oxygen atoms in total. The van der Waals surface area contributed by atoms with E-state index < -0.39 is 0 Å². The van der Waals surface area contributed by atoms with Gasteiger partial charge in [0.15, 0.2) is 12.4 Å². The zero-order chi connectivity index (χ0) is 15.5. The quantitative estimate of drug-likeness (QED) is 0.633. The molecule has 0 saturated carbocycles. The summed E-state index contributed by atoms with van der Waals surface area (Å²) in [4.78, 5) is 18.4. The van der Waals surface area contributed by atoms with Crippen molar-refractivity contribution in [1.29, 1.82) is 0 Å². The van der Waals surface area contributed by atoms with Gasteiger partial charge in [0.05, 0.1) is 6.54 Å². The molecule has 22 heavy (non-hydrogen) atoms. The molecule has 1 atom stereocenters. The number of pyridine rings is 2. The zero-order valence-corrected chi connectivity index (χ0v) is 12.3. The van der Waals surface area contributed by atoms with E-state index in [0.29, 0.717) is 29.3 Å². The van der Waals surface area contributed by atoms with Gasteiger partial charge in [-0.05, 0) is 19.1 Å². The van der Waals surface area contributed by atoms with Crippen LogP contribution in [0.1, 0.15) is 22.5 Å². The van der Waals surface area contributed by atoms with Gasteiger partial charge >= 0.3 is 0 Å². The summed E-state index contributed by atoms with van der Waals surface area (Å²) in [7, 11) is 0. The van der Waals surface area contributed by atoms with Crippen LogP contribution in [0.2, 0.25) is 0 Å². The van der Waals surface area contributed by atoms with Gasteiger partial charge in [0.25, 0.3) is 5.91 Å². The predicted molar refractivity (Wildman–Crippen MR) is 79.3 cm³/mol. The number of hydrogen-bond donors (Lipinski definition) is 0. The largest absolute Gasteiger partial charge is 0.619 e. The normalized spacial score (nSPS) is 17.5. The zero-order valence-electron chi connectivity index (χ0n) is 12.3. The summed E-state index contributed by atoms with van der Waals surface area (Å²) in [6.07, 6.45) is 3.33. The number of carbonyl (C=O) groups excluding carboxylic acids is 1. The topological polar surface area (TPSA) is 69.4 Å². The molecular weight excluding hydrogens is 282 g/mol. The molecule has 2 aromatic rings. The number of likely N-dealkylation sites (tertiary alicyclic amines) is 1. The number of aromatic nitrogens is 2. The van der Waals surface area contributed by atoms with Crippen molar-refractivity contribution in [3.63, 3.8) is 0 Å². The summed E-state index contributed by atoms with van der Waals surface area (Å²) in [5.41, 5.74) is 1.29. The first kappa shape index (κ1) is 14.3. The summed E-state index contributed by atoms with van der Waals surface area (Å²) < 4.78 is 6.46. The van der Waals surface area contributed by atoms with Gasteiger partial charge < -0.3 is 14.8 Å². The van der Waals surface area contributed by atoms with Crippen LogP contribution in [0.4, 0.5) is 0 Å². The fraction of sp³-hybridized carbons (Fsp3) is 0.312. The van der Waals surface area contributed by atoms with E-state index in [1.807, 2.05) is 25.1 Å². The lowest BCUT2D eigenvalue weighted by Crippen LogP contribution is -2.33. The van der Waals surface area contributed by atoms with Crippen molar-refractivity contribution < 1.29 is 14.3 Å². The van der Waals surface area contributed by atoms with Crippen LogP contribution in [0.3, 0.4) is 0 Å². The van der Waals surface area contributed by atoms with Gasteiger partial charge in [0.2, 0.25) is 5.88 Å². The Labute approximate surface area is 128 Å². The average molecular weight is 299 g/mol. The first-order valence-electron chi connectivity index (χ1n) is 7.20. The summed E-state index contributed by atoms with van der Waals surface area (Å²) in [6.45, 7) is 3.02. The minimum absolute atomic E-state index is 0.0682. The third-order valence-electron chi connectivity index (χ3n) is 3.60. The maximum Gasteiger partial charge on any atom is 0.260 e. The molecule has 3 rings (SSSR count). The third-order valence-corrected chi connectivity index (χ3v) is 3.60. The minimum Gasteiger partial charge on any atom is -0.619 e. The lowest BCUT2D eigenvalue weighted by molar-refractivity contribution is -0.605. The molecule has 2 aromatic heterocycles. The smallest absolute Gasteiger partial charge is 0.260 e. The summed E-state index contributed by atoms with van der Waals surface area (Å²) in [6, 6.07) is 8.83. The van der Waals surface area contributed by atoms with E-state index in [-0.39, 0.29) is 12.0 Å². The van der Waals surface area contributed by atoms with Crippen LogP contribution in [0, 0.1) is 12.1 Å². The Kier molecular flexibility index (Phi) is 3.91. The molecule has 1 aliphatic heterocycles. The van der Waals surface area contributed by atoms with Crippen LogP contribution in [0.15, 0.2) is 42.7 Å². The van der Waals surface area contributed by atoms with E-state index in [4.69, 9.17) is 4.74 Å². The summed E-state index contributed by atoms with van der Waals surface area (Å²) in [5.74, 6) is 0.435. The molecule has 0 aromatic carbocycles. The van der Waals surface area contributed by atoms with E-state index in [1.165, 1.54) is 12.4 Å². The van der Waals surface area contributed by atoms with Gasteiger partial charge in [-0.2, -0.15) is 4.73 Å². The standard InChI is InChI=1S/C16H17N3O3/c1-12-4-2-6-15(17-12)22-14-7-9-18(11-14)16(20)13-5-3-8-19(21)10-13/h2-6,8,10,14H,7,9,11H2,1H3/t14-/m0/s1. The van der Waals surface area contributed by atoms with Crippen molar-refractivity contribution in [2.45, 2.75) is 19.4 Å². The van der Waals surface area contributed by atoms with Gasteiger partial charge in [-0.25, -0.2) is 4.98 Å². The Balaban J connectivity index is 1.63. The Morgan fingerprint density at radius 1 is 1.41 bits per heavy atom. The highest BCUT2D eigenvalue weighted by Crippen LogP contribution is 2.18. The molecule has 1 amide bonds. The molecule has 0 N–H and O–H groups in total. The Morgan fingerprint density at radius 3 is 3.05 bits per heavy atom. The number of hydrogen-bond acceptors (Lipinski definition) is 4. The highest BCUT2D eigenvalue weighted by Gasteiger charge is 2.29. The van der Waals surface area contributed by atoms with Gasteiger partial charge in [-0.1, -0.05) is 6.07 Å². The molecule has 0 bridgehead atoms. The van der Waals surface area contributed by atoms with Crippen molar-refractivity contribution in [1.82, 2.24) is 9.88 Å². The Bertz CT molecular complexity index is 690. The average Bonchev–Trinajstić information content (AvgIpc) is 2.95. The van der Waals surface area contributed by atoms with E-state index >= 15 is 0 Å². The van der Waals surface area contributed by atoms with Crippen LogP contribution in [-0.4, -0.2) is 35.0 Å². The van der Waals surface area contributed by atoms with Crippen molar-refractivity contribution in [2.75, 3.05) is 13.1 Å². The molecule has 1 saturated heterocycles. The molecule has 1 fully saturated rings. The highest BCUT2D eigenvalue weighted by molar-refractivity contribution is 5.93. The number of rotatable bonds is 3. The lowest BCUT2D eigenvalue weighted by atomic mass is 10.2. The molecule has 0 spiro atoms. The number of nitrogens with zero attached hydrogens (tertiary/aromatic N) is 3. The number of aryl methyl sites for hydroxylation is 1. The molecule has 0 radical (unpaired) electrons. The molecule has 1 aliphatic rings. The Hall–Kier alpha value is -2.63. The molecule has 114 valence electrons. The molecule has 0 aliphatic carbocycles. The van der Waals surface area contributed by atoms with Gasteiger partial charge in [0, 0.05) is 30.8 Å². The van der Waals surface area contributed by atoms with Crippen LogP contribution in [0.5, 0.6) is 5.88 Å². The monoisotopic (exact) mass is 299 g/mol. The van der Waals surface area contributed by atoms with Crippen molar-refractivity contribution in [3.8, 4) is 5.88 Å². The molecule has 0 unspecified atom stereocenters. The Morgan fingerprint density at radius 2 is 2.27 bits per heavy atom. The number of carbonyl (C=O) groups is 1. The van der Waals surface area contributed by atoms with Crippen molar-refractivity contribution in [3.05, 3.63) is 59.2 Å². The lowest BCUT2D eigenvalue weighted by Gasteiger charge is -2.16. The van der Waals surface area contributed by atoms with Crippen LogP contribution < -0.4 is 9.47 Å². The fourth-order valence-corrected chi connectivity index (χ4v) is 2.53. The SMILES string of the molecule is Cc1cccc(O[C@H]2CCN(C(=O)c3ccc[n+]([O-])c3)C2)n1. The van der Waals surface area contributed by atoms with E-state index in [2.05, 4.69) is 4.98 Å². The third kappa shape index (κ3) is 3.16.